The van der Waals surface area contributed by atoms with Crippen molar-refractivity contribution in [2.75, 3.05) is 9.80 Å². The Balaban J connectivity index is 0.000000149. The molecule has 0 unspecified atom stereocenters. The summed E-state index contributed by atoms with van der Waals surface area (Å²) in [7, 11) is 0. The number of fused-ring (bicyclic) bond motifs is 8. The van der Waals surface area contributed by atoms with Crippen molar-refractivity contribution in [1.82, 2.24) is 19.9 Å². The Hall–Kier alpha value is -10.0. The Morgan fingerprint density at radius 2 is 0.453 bits per heavy atom. The highest BCUT2D eigenvalue weighted by atomic mass is 15.1. The summed E-state index contributed by atoms with van der Waals surface area (Å²) in [5, 5.41) is 0. The number of anilines is 6. The molecule has 0 spiro atoms. The number of nitrogens with one attached hydrogen (secondary N) is 2. The molecule has 0 atom stereocenters. The summed E-state index contributed by atoms with van der Waals surface area (Å²) in [5.41, 5.74) is 35.1. The lowest BCUT2D eigenvalue weighted by Crippen LogP contribution is -2.10. The number of nitrogens with zero attached hydrogens (tertiary/aromatic N) is 4. The first-order chi connectivity index (χ1) is 41.5. The molecule has 6 heteroatoms. The van der Waals surface area contributed by atoms with Crippen molar-refractivity contribution in [2.24, 2.45) is 0 Å². The van der Waals surface area contributed by atoms with Gasteiger partial charge in [-0.1, -0.05) is 154 Å². The van der Waals surface area contributed by atoms with Gasteiger partial charge in [-0.3, -0.25) is 0 Å². The van der Waals surface area contributed by atoms with Crippen LogP contribution in [0.5, 0.6) is 0 Å². The van der Waals surface area contributed by atoms with Gasteiger partial charge < -0.3 is 19.8 Å². The fourth-order valence-electron chi connectivity index (χ4n) is 11.3. The predicted octanol–water partition coefficient (Wildman–Crippen LogP) is 22.0. The molecule has 86 heavy (non-hydrogen) atoms. The summed E-state index contributed by atoms with van der Waals surface area (Å²) in [4.78, 5) is 21.5. The van der Waals surface area contributed by atoms with Gasteiger partial charge in [0.2, 0.25) is 0 Å². The highest BCUT2D eigenvalue weighted by molar-refractivity contribution is 5.84. The van der Waals surface area contributed by atoms with Gasteiger partial charge in [-0.2, -0.15) is 0 Å². The van der Waals surface area contributed by atoms with Crippen LogP contribution in [0.15, 0.2) is 206 Å². The quantitative estimate of drug-likeness (QED) is 0.159. The molecule has 0 saturated heterocycles. The van der Waals surface area contributed by atoms with Gasteiger partial charge in [0.1, 0.15) is 0 Å². The molecule has 426 valence electrons. The molecule has 2 aliphatic heterocycles. The molecule has 3 aromatic heterocycles. The van der Waals surface area contributed by atoms with Gasteiger partial charge in [0.15, 0.2) is 0 Å². The second-order valence-corrected chi connectivity index (χ2v) is 23.4. The number of H-pyrrole nitrogens is 2. The summed E-state index contributed by atoms with van der Waals surface area (Å²) in [6, 6.07) is 74.6. The zero-order chi connectivity index (χ0) is 60.2. The highest BCUT2D eigenvalue weighted by Gasteiger charge is 2.16. The van der Waals surface area contributed by atoms with Crippen LogP contribution in [0.25, 0.3) is 68.6 Å². The van der Waals surface area contributed by atoms with Crippen LogP contribution in [-0.2, 0) is 0 Å². The van der Waals surface area contributed by atoms with Crippen LogP contribution in [0.1, 0.15) is 89.5 Å². The van der Waals surface area contributed by atoms with Crippen LogP contribution in [0.3, 0.4) is 0 Å². The van der Waals surface area contributed by atoms with Crippen LogP contribution in [0, 0.1) is 83.1 Å². The third kappa shape index (κ3) is 13.0. The van der Waals surface area contributed by atoms with E-state index in [9.17, 15) is 0 Å². The molecule has 0 saturated carbocycles. The van der Waals surface area contributed by atoms with Crippen molar-refractivity contribution in [3.8, 4) is 22.3 Å². The maximum absolute atomic E-state index is 4.86. The molecule has 0 amide bonds. The van der Waals surface area contributed by atoms with E-state index in [0.29, 0.717) is 0 Å². The van der Waals surface area contributed by atoms with Crippen LogP contribution in [-0.4, -0.2) is 19.9 Å². The fraction of sp³-hybridized carbons (Fsp3) is 0.150. The molecular weight excluding hydrogens is 1040 g/mol. The second-order valence-electron chi connectivity index (χ2n) is 23.4. The van der Waals surface area contributed by atoms with Crippen molar-refractivity contribution in [2.45, 2.75) is 83.1 Å². The first-order valence-corrected chi connectivity index (χ1v) is 29.8. The van der Waals surface area contributed by atoms with Gasteiger partial charge in [0, 0.05) is 61.8 Å². The summed E-state index contributed by atoms with van der Waals surface area (Å²) >= 11 is 0. The van der Waals surface area contributed by atoms with Crippen molar-refractivity contribution in [3.05, 3.63) is 296 Å². The van der Waals surface area contributed by atoms with E-state index >= 15 is 0 Å². The van der Waals surface area contributed by atoms with E-state index in [1.807, 2.05) is 0 Å². The number of aromatic nitrogens is 4. The van der Waals surface area contributed by atoms with E-state index in [1.165, 1.54) is 72.3 Å². The van der Waals surface area contributed by atoms with E-state index in [0.717, 1.165) is 95.7 Å². The third-order valence-corrected chi connectivity index (χ3v) is 16.3. The largest absolute Gasteiger partial charge is 0.355 e. The molecule has 0 radical (unpaired) electrons. The SMILES string of the molecule is Cc1c2nc(c(C)c3ccc([nH]3)c(C)c3ccc([nH]3)c(C)c3nc1C=C3)C=C2.Cc1cc(C)cc(-c2cc(C)cc(C)c2)c1.Cc1ccc(N(c2ccc(C)cc2)c2ccc(-c3ccc(N(c4ccc(C)cc4)c4ccc(C)cc4)cc3)cc2)cc1. The van der Waals surface area contributed by atoms with Crippen LogP contribution in [0.2, 0.25) is 0 Å². The Labute approximate surface area is 508 Å². The Morgan fingerprint density at radius 1 is 0.221 bits per heavy atom. The Kier molecular flexibility index (Phi) is 16.8. The lowest BCUT2D eigenvalue weighted by Gasteiger charge is -2.26. The van der Waals surface area contributed by atoms with Crippen molar-refractivity contribution >= 4 is 80.5 Å². The molecule has 2 aliphatic rings. The fourth-order valence-corrected chi connectivity index (χ4v) is 11.3. The zero-order valence-corrected chi connectivity index (χ0v) is 51.7. The topological polar surface area (TPSA) is 63.8 Å². The highest BCUT2D eigenvalue weighted by Crippen LogP contribution is 2.39. The molecule has 5 heterocycles. The first-order valence-electron chi connectivity index (χ1n) is 29.8. The van der Waals surface area contributed by atoms with Crippen molar-refractivity contribution in [1.29, 1.82) is 0 Å². The number of aryl methyl sites for hydroxylation is 11. The number of aromatic amines is 2. The van der Waals surface area contributed by atoms with Gasteiger partial charge in [-0.05, 0) is 243 Å². The van der Waals surface area contributed by atoms with Gasteiger partial charge in [0.05, 0.1) is 22.8 Å². The molecule has 2 N–H and O–H groups in total. The standard InChI is InChI=1S/C40H36N2.C24H22N4.C16H18/c1-29-5-17-35(18-6-29)41(36-19-7-30(2)8-20-36)39-25-13-33(14-26-39)34-15-27-40(28-16-34)42(37-21-9-31(3)10-22-37)38-23-11-32(4)12-24-38;1-13-17-5-7-19(25-17)14(2)21-9-11-23(27-21)16(4)24-12-10-22(28-24)15(3)20-8-6-18(13)26-20;1-11-5-12(2)8-15(7-11)16-9-13(3)6-14(4)10-16/h5-28H,1-4H3;5-12,25-26H,1-4H3;5-10H,1-4H3. The predicted molar refractivity (Wildman–Crippen MR) is 369 cm³/mol. The maximum atomic E-state index is 4.86. The van der Waals surface area contributed by atoms with Gasteiger partial charge in [-0.15, -0.1) is 0 Å². The number of benzene rings is 8. The molecule has 11 aromatic rings. The van der Waals surface area contributed by atoms with Crippen LogP contribution < -0.4 is 9.80 Å². The van der Waals surface area contributed by atoms with E-state index in [-0.39, 0.29) is 0 Å². The molecule has 0 aliphatic carbocycles. The minimum Gasteiger partial charge on any atom is -0.355 e. The Bertz CT molecular complexity index is 4060. The molecule has 13 rings (SSSR count). The van der Waals surface area contributed by atoms with E-state index in [2.05, 4.69) is 333 Å². The average molecular weight is 1120 g/mol. The number of rotatable bonds is 8. The van der Waals surface area contributed by atoms with E-state index in [1.54, 1.807) is 0 Å². The molecule has 0 fully saturated rings. The number of hydrogen-bond acceptors (Lipinski definition) is 4. The summed E-state index contributed by atoms with van der Waals surface area (Å²) in [6.07, 6.45) is 8.33. The molecule has 6 nitrogen and oxygen atoms in total. The van der Waals surface area contributed by atoms with Crippen LogP contribution >= 0.6 is 0 Å². The Morgan fingerprint density at radius 3 is 0.721 bits per heavy atom. The maximum Gasteiger partial charge on any atom is 0.0688 e. The van der Waals surface area contributed by atoms with E-state index in [4.69, 9.17) is 9.97 Å². The lowest BCUT2D eigenvalue weighted by molar-refractivity contribution is 1.19. The molecule has 8 aromatic carbocycles. The molecular formula is C80H76N6. The van der Waals surface area contributed by atoms with Crippen molar-refractivity contribution in [3.63, 3.8) is 0 Å². The van der Waals surface area contributed by atoms with Crippen molar-refractivity contribution < 1.29 is 0 Å². The smallest absolute Gasteiger partial charge is 0.0688 e. The monoisotopic (exact) mass is 1120 g/mol. The van der Waals surface area contributed by atoms with Crippen LogP contribution in [0.4, 0.5) is 34.1 Å². The minimum atomic E-state index is 0.973. The lowest BCUT2D eigenvalue weighted by atomic mass is 9.98. The summed E-state index contributed by atoms with van der Waals surface area (Å²) in [6.45, 7) is 25.6. The van der Waals surface area contributed by atoms with Gasteiger partial charge in [-0.25, -0.2) is 9.97 Å². The molecule has 8 bridgehead atoms. The summed E-state index contributed by atoms with van der Waals surface area (Å²) < 4.78 is 0. The number of hydrogen-bond donors (Lipinski definition) is 2. The first kappa shape index (κ1) is 57.8. The van der Waals surface area contributed by atoms with Gasteiger partial charge >= 0.3 is 0 Å². The van der Waals surface area contributed by atoms with Gasteiger partial charge in [0.25, 0.3) is 0 Å². The summed E-state index contributed by atoms with van der Waals surface area (Å²) in [5.74, 6) is 0. The average Bonchev–Trinajstić information content (AvgIpc) is 3.42. The normalized spacial score (nSPS) is 11.4. The van der Waals surface area contributed by atoms with E-state index < -0.39 is 0 Å². The minimum absolute atomic E-state index is 0.973. The third-order valence-electron chi connectivity index (χ3n) is 16.3. The zero-order valence-electron chi connectivity index (χ0n) is 51.7. The second kappa shape index (κ2) is 25.0.